The summed E-state index contributed by atoms with van der Waals surface area (Å²) in [7, 11) is 4.18. The second kappa shape index (κ2) is 14.2. The molecule has 240 valence electrons. The van der Waals surface area contributed by atoms with Crippen LogP contribution in [-0.4, -0.2) is 27.4 Å². The third-order valence-corrected chi connectivity index (χ3v) is 8.56. The first-order chi connectivity index (χ1) is 22.4. The molecule has 0 aliphatic heterocycles. The van der Waals surface area contributed by atoms with Crippen molar-refractivity contribution >= 4 is 33.1 Å². The molecule has 0 bridgehead atoms. The van der Waals surface area contributed by atoms with Crippen LogP contribution in [0, 0.1) is 31.2 Å². The molecular formula is C40H39N7Ru+2. The summed E-state index contributed by atoms with van der Waals surface area (Å²) in [6, 6.07) is 42.5. The van der Waals surface area contributed by atoms with Crippen molar-refractivity contribution in [3.63, 3.8) is 0 Å². The molecule has 0 atom stereocenters. The smallest absolute Gasteiger partial charge is 0.213 e. The molecular weight excluding hydrogens is 680 g/mol. The van der Waals surface area contributed by atoms with E-state index in [0.717, 1.165) is 23.4 Å². The molecule has 0 unspecified atom stereocenters. The van der Waals surface area contributed by atoms with Gasteiger partial charge in [-0.15, -0.1) is 6.07 Å². The summed E-state index contributed by atoms with van der Waals surface area (Å²) >= 11 is 0. The predicted octanol–water partition coefficient (Wildman–Crippen LogP) is 8.97. The number of benzene rings is 5. The fourth-order valence-corrected chi connectivity index (χ4v) is 6.40. The van der Waals surface area contributed by atoms with Crippen molar-refractivity contribution < 1.29 is 19.5 Å². The molecule has 0 saturated carbocycles. The van der Waals surface area contributed by atoms with Crippen molar-refractivity contribution in [2.75, 3.05) is 0 Å². The van der Waals surface area contributed by atoms with Crippen molar-refractivity contribution in [3.8, 4) is 17.4 Å². The first-order valence-corrected chi connectivity index (χ1v) is 15.3. The molecule has 0 fully saturated rings. The van der Waals surface area contributed by atoms with E-state index in [-0.39, 0.29) is 26.9 Å². The maximum absolute atomic E-state index is 9.20. The van der Waals surface area contributed by atoms with Gasteiger partial charge in [-0.2, -0.15) is 31.1 Å². The van der Waals surface area contributed by atoms with Crippen LogP contribution in [-0.2, 0) is 40.2 Å². The van der Waals surface area contributed by atoms with E-state index in [2.05, 4.69) is 165 Å². The molecule has 8 heteroatoms. The van der Waals surface area contributed by atoms with E-state index in [1.165, 1.54) is 38.9 Å². The summed E-state index contributed by atoms with van der Waals surface area (Å²) in [5, 5.41) is 9.20. The number of hydrogen-bond acceptors (Lipinski definition) is 1. The van der Waals surface area contributed by atoms with Crippen LogP contribution in [0.4, 0.5) is 0 Å². The number of para-hydroxylation sites is 7. The minimum atomic E-state index is 0. The summed E-state index contributed by atoms with van der Waals surface area (Å²) in [6.45, 7) is 5.07. The Labute approximate surface area is 294 Å². The minimum Gasteiger partial charge on any atom is -0.223 e. The summed E-state index contributed by atoms with van der Waals surface area (Å²) in [4.78, 5) is 0. The topological polar surface area (TPSA) is 53.4 Å². The molecule has 0 amide bonds. The Morgan fingerprint density at radius 1 is 0.625 bits per heavy atom. The third-order valence-electron chi connectivity index (χ3n) is 8.56. The number of hydrogen-bond donors (Lipinski definition) is 0. The number of imidazole rings is 3. The predicted molar refractivity (Wildman–Crippen MR) is 193 cm³/mol. The van der Waals surface area contributed by atoms with Crippen LogP contribution < -0.4 is 0 Å². The zero-order valence-corrected chi connectivity index (χ0v) is 28.6. The van der Waals surface area contributed by atoms with E-state index in [1.807, 2.05) is 18.2 Å². The largest absolute Gasteiger partial charge is 0.223 e. The van der Waals surface area contributed by atoms with Crippen LogP contribution in [0.5, 0.6) is 0 Å². The van der Waals surface area contributed by atoms with E-state index in [4.69, 9.17) is 0 Å². The van der Waals surface area contributed by atoms with E-state index in [0.29, 0.717) is 5.56 Å². The van der Waals surface area contributed by atoms with Gasteiger partial charge in [0.15, 0.2) is 36.7 Å². The Bertz CT molecular complexity index is 2320. The molecule has 0 spiro atoms. The van der Waals surface area contributed by atoms with Crippen molar-refractivity contribution in [1.82, 2.24) is 27.4 Å². The molecule has 3 aromatic heterocycles. The standard InChI is InChI=1S/C22H17N3.C17H18N4.CH4.Ru/c1-16-7-5-8-17(2)22(16)25-15-24(20-11-3-4-12-21(20)25)19-10-6-9-18(13-19)14-23;1-18-11-20(16-9-5-3-7-14(16)18)13-21-12-19(2)15-8-4-6-10-17(15)21;;/h3-9,11-13,15H,1-2H3;3-12H,13H2,1-2H3;1H4;/q;+2;;. The van der Waals surface area contributed by atoms with E-state index in [1.54, 1.807) is 12.1 Å². The van der Waals surface area contributed by atoms with Crippen molar-refractivity contribution in [1.29, 1.82) is 5.26 Å². The fourth-order valence-electron chi connectivity index (χ4n) is 6.40. The average molecular weight is 719 g/mol. The number of aryl methyl sites for hydroxylation is 4. The van der Waals surface area contributed by atoms with E-state index < -0.39 is 0 Å². The van der Waals surface area contributed by atoms with Crippen molar-refractivity contribution in [3.05, 3.63) is 151 Å². The molecule has 7 nitrogen and oxygen atoms in total. The molecule has 0 N–H and O–H groups in total. The van der Waals surface area contributed by atoms with Gasteiger partial charge < -0.3 is 0 Å². The average Bonchev–Trinajstić information content (AvgIpc) is 3.73. The SMILES string of the molecule is C.Cc1cccc(C)c1-n1[cH+]n(-c2[c-]ccc(C#N)c2)c2ccccc21.Cn1[cH+]n(Cn2[cH+]n(C)c3ccccc32)c2ccccc21.[Ru]. The Morgan fingerprint density at radius 3 is 1.62 bits per heavy atom. The Kier molecular flexibility index (Phi) is 10.0. The Morgan fingerprint density at radius 2 is 1.10 bits per heavy atom. The van der Waals surface area contributed by atoms with Gasteiger partial charge in [-0.25, -0.2) is 13.7 Å². The first kappa shape index (κ1) is 34.0. The van der Waals surface area contributed by atoms with Gasteiger partial charge in [-0.05, 0) is 55.8 Å². The van der Waals surface area contributed by atoms with Gasteiger partial charge in [0.25, 0.3) is 0 Å². The maximum Gasteiger partial charge on any atom is 0.213 e. The normalized spacial score (nSPS) is 10.6. The molecule has 0 radical (unpaired) electrons. The summed E-state index contributed by atoms with van der Waals surface area (Å²) in [5.41, 5.74) is 12.3. The van der Waals surface area contributed by atoms with Crippen LogP contribution >= 0.6 is 0 Å². The number of aromatic nitrogens is 6. The van der Waals surface area contributed by atoms with Gasteiger partial charge in [0.1, 0.15) is 5.69 Å². The first-order valence-electron chi connectivity index (χ1n) is 15.3. The van der Waals surface area contributed by atoms with Gasteiger partial charge in [-0.1, -0.05) is 31.7 Å². The van der Waals surface area contributed by atoms with Gasteiger partial charge >= 0.3 is 0 Å². The fraction of sp³-hybridized carbons (Fsp3) is 0.150. The van der Waals surface area contributed by atoms with Gasteiger partial charge in [0, 0.05) is 86.8 Å². The Balaban J connectivity index is 0.000000183. The van der Waals surface area contributed by atoms with Crippen molar-refractivity contribution in [2.45, 2.75) is 27.9 Å². The number of rotatable bonds is 4. The van der Waals surface area contributed by atoms with Gasteiger partial charge in [0.05, 0.1) is 6.07 Å². The zero-order chi connectivity index (χ0) is 31.8. The summed E-state index contributed by atoms with van der Waals surface area (Å²) < 4.78 is 13.2. The van der Waals surface area contributed by atoms with Crippen LogP contribution in [0.2, 0.25) is 0 Å². The molecule has 3 heterocycles. The summed E-state index contributed by atoms with van der Waals surface area (Å²) in [5.74, 6) is 0. The molecule has 48 heavy (non-hydrogen) atoms. The number of fused-ring (bicyclic) bond motifs is 3. The van der Waals surface area contributed by atoms with Crippen LogP contribution in [0.3, 0.4) is 0 Å². The zero-order valence-electron chi connectivity index (χ0n) is 26.8. The second-order valence-corrected chi connectivity index (χ2v) is 11.7. The summed E-state index contributed by atoms with van der Waals surface area (Å²) in [6.07, 6.45) is 6.38. The Hall–Kier alpha value is -5.38. The number of nitriles is 1. The third kappa shape index (κ3) is 6.18. The number of nitrogens with zero attached hydrogens (tertiary/aromatic N) is 7. The molecule has 0 aliphatic rings. The van der Waals surface area contributed by atoms with E-state index in [9.17, 15) is 5.26 Å². The molecule has 5 aromatic carbocycles. The molecule has 0 aliphatic carbocycles. The van der Waals surface area contributed by atoms with Crippen LogP contribution in [0.15, 0.2) is 128 Å². The van der Waals surface area contributed by atoms with Gasteiger partial charge in [-0.3, -0.25) is 0 Å². The van der Waals surface area contributed by atoms with E-state index >= 15 is 0 Å². The van der Waals surface area contributed by atoms with Crippen LogP contribution in [0.1, 0.15) is 24.1 Å². The molecule has 8 rings (SSSR count). The molecule has 8 aromatic rings. The second-order valence-electron chi connectivity index (χ2n) is 11.7. The molecule has 0 saturated heterocycles. The van der Waals surface area contributed by atoms with Crippen molar-refractivity contribution in [2.24, 2.45) is 14.1 Å². The monoisotopic (exact) mass is 719 g/mol. The van der Waals surface area contributed by atoms with Gasteiger partial charge in [0.2, 0.25) is 22.1 Å². The van der Waals surface area contributed by atoms with Crippen LogP contribution in [0.25, 0.3) is 44.5 Å². The maximum atomic E-state index is 9.20. The minimum absolute atomic E-state index is 0. The quantitative estimate of drug-likeness (QED) is 0.133.